The SMILES string of the molecule is Cn1ccnc1C(O)(CC(=O)NNC(=O)c1cc(-c2cccnc2)nc2ccccc12)C(F)(F)F. The van der Waals surface area contributed by atoms with Crippen LogP contribution in [-0.2, 0) is 17.4 Å². The number of benzene rings is 1. The fraction of sp³-hybridized carbons (Fsp3) is 0.174. The number of para-hydroxylation sites is 1. The van der Waals surface area contributed by atoms with Crippen LogP contribution in [0.1, 0.15) is 22.6 Å². The molecule has 9 nitrogen and oxygen atoms in total. The highest BCUT2D eigenvalue weighted by atomic mass is 19.4. The number of aliphatic hydroxyl groups is 1. The van der Waals surface area contributed by atoms with E-state index in [0.29, 0.717) is 22.2 Å². The van der Waals surface area contributed by atoms with Crippen LogP contribution in [0.15, 0.2) is 67.3 Å². The van der Waals surface area contributed by atoms with Crippen molar-refractivity contribution in [2.24, 2.45) is 7.05 Å². The van der Waals surface area contributed by atoms with E-state index in [4.69, 9.17) is 0 Å². The Morgan fingerprint density at radius 1 is 1.09 bits per heavy atom. The Morgan fingerprint density at radius 2 is 1.86 bits per heavy atom. The molecule has 0 aliphatic carbocycles. The molecule has 1 unspecified atom stereocenters. The Hall–Kier alpha value is -4.32. The van der Waals surface area contributed by atoms with Gasteiger partial charge in [-0.15, -0.1) is 0 Å². The first-order chi connectivity index (χ1) is 16.6. The number of rotatable bonds is 5. The summed E-state index contributed by atoms with van der Waals surface area (Å²) >= 11 is 0. The molecule has 0 saturated carbocycles. The molecule has 35 heavy (non-hydrogen) atoms. The Bertz CT molecular complexity index is 1390. The highest BCUT2D eigenvalue weighted by molar-refractivity contribution is 6.07. The molecule has 3 N–H and O–H groups in total. The number of fused-ring (bicyclic) bond motifs is 1. The van der Waals surface area contributed by atoms with Crippen LogP contribution in [0.2, 0.25) is 0 Å². The summed E-state index contributed by atoms with van der Waals surface area (Å²) in [6, 6.07) is 11.7. The molecule has 1 atom stereocenters. The lowest BCUT2D eigenvalue weighted by atomic mass is 9.97. The zero-order valence-electron chi connectivity index (χ0n) is 18.2. The van der Waals surface area contributed by atoms with Gasteiger partial charge in [-0.2, -0.15) is 13.2 Å². The summed E-state index contributed by atoms with van der Waals surface area (Å²) in [4.78, 5) is 37.4. The number of hydrogen-bond donors (Lipinski definition) is 3. The first-order valence-electron chi connectivity index (χ1n) is 10.3. The molecule has 3 aromatic heterocycles. The molecule has 0 aliphatic heterocycles. The van der Waals surface area contributed by atoms with E-state index in [2.05, 4.69) is 20.4 Å². The zero-order valence-corrected chi connectivity index (χ0v) is 18.2. The topological polar surface area (TPSA) is 122 Å². The van der Waals surface area contributed by atoms with Crippen molar-refractivity contribution in [2.45, 2.75) is 18.2 Å². The molecule has 4 rings (SSSR count). The van der Waals surface area contributed by atoms with Gasteiger partial charge in [-0.3, -0.25) is 25.4 Å². The number of carbonyl (C=O) groups excluding carboxylic acids is 2. The van der Waals surface area contributed by atoms with E-state index in [-0.39, 0.29) is 5.56 Å². The van der Waals surface area contributed by atoms with Gasteiger partial charge in [-0.25, -0.2) is 9.97 Å². The van der Waals surface area contributed by atoms with Gasteiger partial charge in [0.1, 0.15) is 0 Å². The summed E-state index contributed by atoms with van der Waals surface area (Å²) in [6.07, 6.45) is -1.19. The van der Waals surface area contributed by atoms with Crippen molar-refractivity contribution >= 4 is 22.7 Å². The van der Waals surface area contributed by atoms with E-state index < -0.39 is 35.8 Å². The van der Waals surface area contributed by atoms with Crippen molar-refractivity contribution in [2.75, 3.05) is 0 Å². The predicted octanol–water partition coefficient (Wildman–Crippen LogP) is 2.63. The minimum atomic E-state index is -5.20. The Kier molecular flexibility index (Phi) is 6.22. The van der Waals surface area contributed by atoms with E-state index in [1.54, 1.807) is 48.8 Å². The van der Waals surface area contributed by atoms with Crippen molar-refractivity contribution in [1.29, 1.82) is 0 Å². The molecule has 4 aromatic rings. The first kappa shape index (κ1) is 23.8. The number of imidazole rings is 1. The number of hydrogen-bond acceptors (Lipinski definition) is 6. The van der Waals surface area contributed by atoms with E-state index in [0.717, 1.165) is 10.8 Å². The third-order valence-corrected chi connectivity index (χ3v) is 5.31. The highest BCUT2D eigenvalue weighted by Gasteiger charge is 2.58. The normalized spacial score (nSPS) is 13.3. The largest absolute Gasteiger partial charge is 0.425 e. The Balaban J connectivity index is 1.57. The second kappa shape index (κ2) is 9.14. The lowest BCUT2D eigenvalue weighted by Gasteiger charge is -2.29. The number of nitrogens with one attached hydrogen (secondary N) is 2. The molecule has 2 amide bonds. The smallest absolute Gasteiger partial charge is 0.374 e. The van der Waals surface area contributed by atoms with E-state index in [1.807, 2.05) is 5.43 Å². The molecule has 12 heteroatoms. The van der Waals surface area contributed by atoms with Crippen molar-refractivity contribution in [3.63, 3.8) is 0 Å². The molecule has 0 spiro atoms. The molecule has 1 aromatic carbocycles. The van der Waals surface area contributed by atoms with Crippen LogP contribution < -0.4 is 10.9 Å². The van der Waals surface area contributed by atoms with Gasteiger partial charge in [0.05, 0.1) is 23.2 Å². The van der Waals surface area contributed by atoms with Crippen molar-refractivity contribution < 1.29 is 27.9 Å². The lowest BCUT2D eigenvalue weighted by Crippen LogP contribution is -2.50. The summed E-state index contributed by atoms with van der Waals surface area (Å²) in [7, 11) is 1.26. The van der Waals surface area contributed by atoms with Crippen LogP contribution in [0.4, 0.5) is 13.2 Å². The third-order valence-electron chi connectivity index (χ3n) is 5.31. The van der Waals surface area contributed by atoms with E-state index in [9.17, 15) is 27.9 Å². The van der Waals surface area contributed by atoms with Crippen LogP contribution in [0.5, 0.6) is 0 Å². The van der Waals surface area contributed by atoms with Gasteiger partial charge >= 0.3 is 6.18 Å². The molecule has 0 bridgehead atoms. The van der Waals surface area contributed by atoms with E-state index in [1.165, 1.54) is 19.3 Å². The van der Waals surface area contributed by atoms with Gasteiger partial charge < -0.3 is 9.67 Å². The maximum Gasteiger partial charge on any atom is 0.425 e. The maximum atomic E-state index is 13.7. The quantitative estimate of drug-likeness (QED) is 0.375. The minimum absolute atomic E-state index is 0.130. The zero-order chi connectivity index (χ0) is 25.2. The number of pyridine rings is 2. The maximum absolute atomic E-state index is 13.7. The number of aryl methyl sites for hydroxylation is 1. The standard InChI is InChI=1S/C23H19F3N6O3/c1-32-10-9-28-21(32)22(35,23(24,25)26)12-19(33)30-31-20(34)16-11-18(14-5-4-8-27-13-14)29-17-7-3-2-6-15(16)17/h2-11,13,35H,12H2,1H3,(H,30,33)(H,31,34). The minimum Gasteiger partial charge on any atom is -0.374 e. The Labute approximate surface area is 196 Å². The van der Waals surface area contributed by atoms with Crippen LogP contribution in [0.3, 0.4) is 0 Å². The second-order valence-electron chi connectivity index (χ2n) is 7.71. The first-order valence-corrected chi connectivity index (χ1v) is 10.3. The number of alkyl halides is 3. The molecule has 180 valence electrons. The number of amides is 2. The van der Waals surface area contributed by atoms with Gasteiger partial charge in [0.15, 0.2) is 5.82 Å². The highest BCUT2D eigenvalue weighted by Crippen LogP contribution is 2.40. The Morgan fingerprint density at radius 3 is 2.51 bits per heavy atom. The predicted molar refractivity (Wildman–Crippen MR) is 118 cm³/mol. The number of carbonyl (C=O) groups is 2. The number of nitrogens with zero attached hydrogens (tertiary/aromatic N) is 4. The summed E-state index contributed by atoms with van der Waals surface area (Å²) < 4.78 is 42.0. The van der Waals surface area contributed by atoms with Gasteiger partial charge in [0.25, 0.3) is 5.91 Å². The number of hydrazine groups is 1. The van der Waals surface area contributed by atoms with Gasteiger partial charge in [-0.1, -0.05) is 18.2 Å². The fourth-order valence-corrected chi connectivity index (χ4v) is 3.57. The molecule has 0 fully saturated rings. The van der Waals surface area contributed by atoms with Crippen LogP contribution in [0.25, 0.3) is 22.2 Å². The fourth-order valence-electron chi connectivity index (χ4n) is 3.57. The van der Waals surface area contributed by atoms with Crippen molar-refractivity contribution in [3.05, 3.63) is 78.6 Å². The van der Waals surface area contributed by atoms with Crippen LogP contribution in [0, 0.1) is 0 Å². The van der Waals surface area contributed by atoms with Crippen molar-refractivity contribution in [1.82, 2.24) is 30.4 Å². The van der Waals surface area contributed by atoms with Crippen LogP contribution in [-0.4, -0.2) is 42.6 Å². The van der Waals surface area contributed by atoms with E-state index >= 15 is 0 Å². The van der Waals surface area contributed by atoms with Gasteiger partial charge in [-0.05, 0) is 24.3 Å². The van der Waals surface area contributed by atoms with Crippen molar-refractivity contribution in [3.8, 4) is 11.3 Å². The second-order valence-corrected chi connectivity index (χ2v) is 7.71. The third kappa shape index (κ3) is 4.68. The molecular weight excluding hydrogens is 465 g/mol. The number of halogens is 3. The molecular formula is C23H19F3N6O3. The number of aromatic nitrogens is 4. The summed E-state index contributed by atoms with van der Waals surface area (Å²) in [5.41, 5.74) is 2.20. The average molecular weight is 484 g/mol. The summed E-state index contributed by atoms with van der Waals surface area (Å²) in [5.74, 6) is -2.81. The van der Waals surface area contributed by atoms with Crippen LogP contribution >= 0.6 is 0 Å². The van der Waals surface area contributed by atoms with Gasteiger partial charge in [0.2, 0.25) is 11.5 Å². The lowest BCUT2D eigenvalue weighted by molar-refractivity contribution is -0.271. The summed E-state index contributed by atoms with van der Waals surface area (Å²) in [6.45, 7) is 0. The molecule has 0 radical (unpaired) electrons. The molecule has 3 heterocycles. The average Bonchev–Trinajstić information content (AvgIpc) is 3.28. The summed E-state index contributed by atoms with van der Waals surface area (Å²) in [5, 5.41) is 10.8. The molecule has 0 saturated heterocycles. The monoisotopic (exact) mass is 484 g/mol. The molecule has 0 aliphatic rings. The van der Waals surface area contributed by atoms with Gasteiger partial charge in [0, 0.05) is 42.8 Å².